The Bertz CT molecular complexity index is 676. The average molecular weight is 504 g/mol. The summed E-state index contributed by atoms with van der Waals surface area (Å²) in [6, 6.07) is 0. The maximum absolute atomic E-state index is 13.4. The Morgan fingerprint density at radius 1 is 0.735 bits per heavy atom. The number of aliphatic hydroxyl groups excluding tert-OH is 12. The number of ketones is 1. The summed E-state index contributed by atoms with van der Waals surface area (Å²) in [5.41, 5.74) is -3.61. The fourth-order valence-corrected chi connectivity index (χ4v) is 4.04. The summed E-state index contributed by atoms with van der Waals surface area (Å²) in [6.07, 6.45) is -28.6. The molecule has 14 atom stereocenters. The van der Waals surface area contributed by atoms with Gasteiger partial charge in [0.2, 0.25) is 5.78 Å². The summed E-state index contributed by atoms with van der Waals surface area (Å²) in [5.74, 6) is -1.81. The highest BCUT2D eigenvalue weighted by Crippen LogP contribution is 2.36. The lowest BCUT2D eigenvalue weighted by Gasteiger charge is -2.50. The summed E-state index contributed by atoms with van der Waals surface area (Å²) in [7, 11) is 0. The van der Waals surface area contributed by atoms with Crippen molar-refractivity contribution in [3.63, 3.8) is 0 Å². The van der Waals surface area contributed by atoms with Crippen LogP contribution in [0.2, 0.25) is 0 Å². The van der Waals surface area contributed by atoms with E-state index in [-0.39, 0.29) is 0 Å². The van der Waals surface area contributed by atoms with Crippen molar-refractivity contribution in [1.82, 2.24) is 0 Å². The minimum atomic E-state index is -3.61. The highest BCUT2D eigenvalue weighted by atomic mass is 16.6. The maximum Gasteiger partial charge on any atom is 0.201 e. The topological polar surface area (TPSA) is 299 Å². The molecule has 0 aromatic carbocycles. The zero-order valence-electron chi connectivity index (χ0n) is 17.7. The number of ether oxygens (including phenoxy) is 2. The summed E-state index contributed by atoms with van der Waals surface area (Å²) < 4.78 is 10.2. The third-order valence-electron chi connectivity index (χ3n) is 6.23. The lowest BCUT2D eigenvalue weighted by molar-refractivity contribution is -0.293. The van der Waals surface area contributed by atoms with E-state index in [1.54, 1.807) is 0 Å². The molecule has 200 valence electrons. The molecular formula is C18H32O16. The molecule has 2 fully saturated rings. The Hall–Kier alpha value is -0.930. The maximum atomic E-state index is 13.4. The number of carbonyl (C=O) groups excluding carboxylic acids is 1. The van der Waals surface area contributed by atoms with Gasteiger partial charge in [-0.2, -0.15) is 0 Å². The van der Waals surface area contributed by atoms with E-state index in [0.29, 0.717) is 0 Å². The van der Waals surface area contributed by atoms with Crippen molar-refractivity contribution in [2.45, 2.75) is 85.0 Å². The second kappa shape index (κ2) is 11.4. The predicted octanol–water partition coefficient (Wildman–Crippen LogP) is -8.95. The van der Waals surface area contributed by atoms with Crippen molar-refractivity contribution in [2.75, 3.05) is 19.8 Å². The largest absolute Gasteiger partial charge is 0.394 e. The minimum absolute atomic E-state index is 0.985. The zero-order valence-corrected chi connectivity index (χ0v) is 17.7. The van der Waals surface area contributed by atoms with E-state index < -0.39 is 111 Å². The molecule has 2 saturated heterocycles. The van der Waals surface area contributed by atoms with Gasteiger partial charge in [0.1, 0.15) is 79.4 Å². The SMILES string of the molecule is O=C(C1O[C@H](CO)[C@H](O)[C@H](O)[C@H]1O)[C@@](O)(C1O[C@H](CO)[C@@H](O)[C@H](O)[C@H]1O)[C@@H](O)[C@H](O)[C@H](O)CO. The first-order valence-corrected chi connectivity index (χ1v) is 10.3. The van der Waals surface area contributed by atoms with E-state index in [0.717, 1.165) is 0 Å². The Labute approximate surface area is 192 Å². The molecule has 0 aromatic rings. The number of hydrogen-bond acceptors (Lipinski definition) is 16. The summed E-state index contributed by atoms with van der Waals surface area (Å²) in [5, 5.41) is 130. The molecule has 16 heteroatoms. The van der Waals surface area contributed by atoms with Crippen LogP contribution in [0.1, 0.15) is 0 Å². The molecule has 0 aromatic heterocycles. The van der Waals surface area contributed by atoms with Crippen LogP contribution >= 0.6 is 0 Å². The van der Waals surface area contributed by atoms with Gasteiger partial charge in [0.25, 0.3) is 0 Å². The van der Waals surface area contributed by atoms with E-state index in [1.165, 1.54) is 0 Å². The summed E-state index contributed by atoms with van der Waals surface area (Å²) >= 11 is 0. The van der Waals surface area contributed by atoms with Gasteiger partial charge in [-0.05, 0) is 0 Å². The van der Waals surface area contributed by atoms with Crippen LogP contribution in [0.4, 0.5) is 0 Å². The first kappa shape index (κ1) is 29.3. The fraction of sp³-hybridized carbons (Fsp3) is 0.944. The normalized spacial score (nSPS) is 43.6. The van der Waals surface area contributed by atoms with E-state index >= 15 is 0 Å². The van der Waals surface area contributed by atoms with E-state index in [2.05, 4.69) is 0 Å². The molecule has 34 heavy (non-hydrogen) atoms. The Morgan fingerprint density at radius 3 is 1.68 bits per heavy atom. The lowest BCUT2D eigenvalue weighted by atomic mass is 9.73. The van der Waals surface area contributed by atoms with Gasteiger partial charge in [0.05, 0.1) is 19.8 Å². The van der Waals surface area contributed by atoms with E-state index in [4.69, 9.17) is 14.6 Å². The molecule has 0 aliphatic carbocycles. The van der Waals surface area contributed by atoms with Gasteiger partial charge >= 0.3 is 0 Å². The summed E-state index contributed by atoms with van der Waals surface area (Å²) in [4.78, 5) is 13.4. The number of rotatable bonds is 9. The summed E-state index contributed by atoms with van der Waals surface area (Å²) in [6.45, 7) is -3.19. The van der Waals surface area contributed by atoms with Crippen molar-refractivity contribution in [1.29, 1.82) is 0 Å². The van der Waals surface area contributed by atoms with Crippen molar-refractivity contribution < 1.29 is 80.7 Å². The third kappa shape index (κ3) is 4.99. The third-order valence-corrected chi connectivity index (χ3v) is 6.23. The van der Waals surface area contributed by atoms with Crippen LogP contribution in [0.5, 0.6) is 0 Å². The molecule has 0 saturated carbocycles. The molecule has 2 aliphatic heterocycles. The minimum Gasteiger partial charge on any atom is -0.394 e. The van der Waals surface area contributed by atoms with Crippen LogP contribution in [-0.4, -0.2) is 177 Å². The number of carbonyl (C=O) groups is 1. The molecule has 2 heterocycles. The van der Waals surface area contributed by atoms with Gasteiger partial charge in [-0.25, -0.2) is 0 Å². The van der Waals surface area contributed by atoms with Crippen LogP contribution < -0.4 is 0 Å². The second-order valence-corrected chi connectivity index (χ2v) is 8.37. The fourth-order valence-electron chi connectivity index (χ4n) is 4.04. The van der Waals surface area contributed by atoms with Crippen LogP contribution in [0.3, 0.4) is 0 Å². The number of Topliss-reactive ketones (excluding diaryl/α,β-unsaturated/α-hetero) is 1. The average Bonchev–Trinajstić information content (AvgIpc) is 2.83. The monoisotopic (exact) mass is 504 g/mol. The molecule has 2 rings (SSSR count). The molecule has 16 nitrogen and oxygen atoms in total. The van der Waals surface area contributed by atoms with Gasteiger partial charge in [0.15, 0.2) is 5.60 Å². The van der Waals surface area contributed by atoms with E-state index in [9.17, 15) is 66.1 Å². The van der Waals surface area contributed by atoms with E-state index in [1.807, 2.05) is 0 Å². The molecule has 2 unspecified atom stereocenters. The Kier molecular flexibility index (Phi) is 9.84. The molecule has 2 aliphatic rings. The molecular weight excluding hydrogens is 472 g/mol. The highest BCUT2D eigenvalue weighted by molar-refractivity contribution is 5.93. The van der Waals surface area contributed by atoms with Gasteiger partial charge < -0.3 is 75.9 Å². The first-order valence-electron chi connectivity index (χ1n) is 10.3. The van der Waals surface area contributed by atoms with Crippen molar-refractivity contribution in [2.24, 2.45) is 0 Å². The van der Waals surface area contributed by atoms with Crippen LogP contribution in [-0.2, 0) is 14.3 Å². The van der Waals surface area contributed by atoms with Crippen LogP contribution in [0, 0.1) is 0 Å². The predicted molar refractivity (Wildman–Crippen MR) is 103 cm³/mol. The van der Waals surface area contributed by atoms with Gasteiger partial charge in [-0.1, -0.05) is 0 Å². The highest BCUT2D eigenvalue weighted by Gasteiger charge is 2.64. The molecule has 0 bridgehead atoms. The molecule has 0 radical (unpaired) electrons. The molecule has 0 amide bonds. The Balaban J connectivity index is 2.58. The number of aliphatic hydroxyl groups is 13. The van der Waals surface area contributed by atoms with Crippen LogP contribution in [0.25, 0.3) is 0 Å². The second-order valence-electron chi connectivity index (χ2n) is 8.37. The smallest absolute Gasteiger partial charge is 0.201 e. The number of hydrogen-bond donors (Lipinski definition) is 13. The van der Waals surface area contributed by atoms with Crippen molar-refractivity contribution in [3.8, 4) is 0 Å². The molecule has 13 N–H and O–H groups in total. The quantitative estimate of drug-likeness (QED) is 0.139. The van der Waals surface area contributed by atoms with Crippen molar-refractivity contribution in [3.05, 3.63) is 0 Å². The van der Waals surface area contributed by atoms with Crippen molar-refractivity contribution >= 4 is 5.78 Å². The lowest BCUT2D eigenvalue weighted by Crippen LogP contribution is -2.75. The Morgan fingerprint density at radius 2 is 1.21 bits per heavy atom. The van der Waals surface area contributed by atoms with Gasteiger partial charge in [-0.3, -0.25) is 4.79 Å². The standard InChI is InChI=1S/C18H32O16/c19-1-4(22)7(23)15(30)18(32,17-13(29)11(27)9(25)6(3-21)34-17)16(31)14-12(28)10(26)8(24)5(2-20)33-14/h4-15,17,19-30,32H,1-3H2/t4-,5-,6-,7-,8+,9-,10+,11+,12-,13-,14?,15+,17?,18-/m1/s1. The molecule has 0 spiro atoms. The van der Waals surface area contributed by atoms with Crippen LogP contribution in [0.15, 0.2) is 0 Å². The first-order chi connectivity index (χ1) is 15.8. The van der Waals surface area contributed by atoms with Gasteiger partial charge in [0, 0.05) is 0 Å². The zero-order chi connectivity index (χ0) is 26.1. The van der Waals surface area contributed by atoms with Gasteiger partial charge in [-0.15, -0.1) is 0 Å².